The molecule has 1 aromatic carbocycles. The number of ether oxygens (including phenoxy) is 3. The number of nitrogens with one attached hydrogen (secondary N) is 4. The van der Waals surface area contributed by atoms with Crippen LogP contribution in [-0.4, -0.2) is 123 Å². The first-order chi connectivity index (χ1) is 24.6. The Morgan fingerprint density at radius 1 is 1.12 bits per heavy atom. The molecule has 1 unspecified atom stereocenters. The Morgan fingerprint density at radius 3 is 2.60 bits per heavy atom. The number of nitrogens with zero attached hydrogens (tertiary/aromatic N) is 4. The molecule has 52 heavy (non-hydrogen) atoms. The first-order valence-corrected chi connectivity index (χ1v) is 17.0. The minimum atomic E-state index is -2.66. The number of aliphatic hydroxyl groups is 2. The molecular weight excluding hydrogens is 678 g/mol. The van der Waals surface area contributed by atoms with Gasteiger partial charge in [0.1, 0.15) is 43.1 Å². The van der Waals surface area contributed by atoms with E-state index in [1.165, 1.54) is 16.7 Å². The number of guanidine groups is 2. The third-order valence-corrected chi connectivity index (χ3v) is 10.1. The minimum Gasteiger partial charge on any atom is -0.492 e. The summed E-state index contributed by atoms with van der Waals surface area (Å²) in [6.45, 7) is 7.95. The lowest BCUT2D eigenvalue weighted by Gasteiger charge is -2.43. The highest BCUT2D eigenvalue weighted by Gasteiger charge is 2.75. The molecule has 0 saturated carbocycles. The first kappa shape index (κ1) is 36.5. The number of amides is 2. The quantitative estimate of drug-likeness (QED) is 0.0482. The van der Waals surface area contributed by atoms with Crippen molar-refractivity contribution in [3.05, 3.63) is 47.2 Å². The van der Waals surface area contributed by atoms with Gasteiger partial charge in [0.25, 0.3) is 11.8 Å². The largest absolute Gasteiger partial charge is 0.492 e. The van der Waals surface area contributed by atoms with Gasteiger partial charge in [-0.2, -0.15) is 0 Å². The highest BCUT2D eigenvalue weighted by molar-refractivity contribution is 5.98. The Balaban J connectivity index is 1.11. The van der Waals surface area contributed by atoms with Crippen molar-refractivity contribution in [1.82, 2.24) is 31.5 Å². The number of benzene rings is 1. The van der Waals surface area contributed by atoms with E-state index in [0.717, 1.165) is 12.0 Å². The van der Waals surface area contributed by atoms with Crippen LogP contribution in [0.15, 0.2) is 35.3 Å². The van der Waals surface area contributed by atoms with E-state index in [9.17, 15) is 24.6 Å². The number of aromatic nitrogens is 2. The van der Waals surface area contributed by atoms with Crippen LogP contribution in [0, 0.1) is 5.92 Å². The molecule has 1 fully saturated rings. The standard InChI is InChI=1S/C33H45N11O8/c1-16(2)23(34)28(47)52-13-12-50-22-9-8-19(42-43-22)27(46)37-14-20-25-32(41-29(35)40-25)33(48,49)21(15-44(32)30(36)38-20)39-26(45)17-6-5-7-18-24(17)51-11-10-31(18,3)4/h5-9,16,20-21,23,25,48-49H,10-15,34H2,1-4H3,(H7,35,36,37,38,39,40,41,45,46)/p+1/t20-,21?,23-,25-,32-/m0/s1. The molecule has 2 amide bonds. The normalized spacial score (nSPS) is 25.6. The molecule has 19 nitrogen and oxygen atoms in total. The number of nitrogens with two attached hydrogens (primary N) is 3. The van der Waals surface area contributed by atoms with Gasteiger partial charge < -0.3 is 51.8 Å². The Hall–Kier alpha value is -5.27. The molecule has 6 rings (SSSR count). The molecule has 2 aromatic rings. The van der Waals surface area contributed by atoms with Gasteiger partial charge in [0.05, 0.1) is 25.3 Å². The van der Waals surface area contributed by atoms with E-state index in [-0.39, 0.29) is 66.7 Å². The van der Waals surface area contributed by atoms with Gasteiger partial charge in [-0.25, -0.2) is 9.57 Å². The van der Waals surface area contributed by atoms with E-state index in [2.05, 4.69) is 50.3 Å². The van der Waals surface area contributed by atoms with Crippen molar-refractivity contribution in [2.75, 3.05) is 32.9 Å². The Kier molecular flexibility index (Phi) is 9.62. The number of esters is 1. The van der Waals surface area contributed by atoms with Crippen molar-refractivity contribution in [3.8, 4) is 11.6 Å². The number of carbonyl (C=O) groups is 3. The molecule has 0 bridgehead atoms. The number of carbonyl (C=O) groups excluding carboxylic acids is 3. The average molecular weight is 725 g/mol. The number of fused-ring (bicyclic) bond motifs is 1. The zero-order valence-electron chi connectivity index (χ0n) is 29.4. The Labute approximate surface area is 299 Å². The summed E-state index contributed by atoms with van der Waals surface area (Å²) in [6.07, 6.45) is 0.783. The first-order valence-electron chi connectivity index (χ1n) is 17.0. The molecule has 280 valence electrons. The maximum absolute atomic E-state index is 13.7. The summed E-state index contributed by atoms with van der Waals surface area (Å²) in [6, 6.07) is 4.35. The molecule has 0 aliphatic carbocycles. The maximum atomic E-state index is 13.7. The zero-order valence-corrected chi connectivity index (χ0v) is 29.4. The van der Waals surface area contributed by atoms with Gasteiger partial charge in [0, 0.05) is 11.6 Å². The van der Waals surface area contributed by atoms with E-state index in [1.807, 2.05) is 19.9 Å². The molecule has 1 aromatic heterocycles. The molecule has 5 heterocycles. The topological polar surface area (TPSA) is 287 Å². The molecule has 12 N–H and O–H groups in total. The van der Waals surface area contributed by atoms with E-state index < -0.39 is 53.4 Å². The predicted octanol–water partition coefficient (Wildman–Crippen LogP) is -3.05. The molecule has 4 aliphatic rings. The summed E-state index contributed by atoms with van der Waals surface area (Å²) >= 11 is 0. The van der Waals surface area contributed by atoms with E-state index in [1.54, 1.807) is 12.1 Å². The van der Waals surface area contributed by atoms with Gasteiger partial charge in [0.15, 0.2) is 11.7 Å². The smallest absolute Gasteiger partial charge is 0.346 e. The minimum absolute atomic E-state index is 0.00260. The fraction of sp³-hybridized carbons (Fsp3) is 0.545. The van der Waals surface area contributed by atoms with Crippen molar-refractivity contribution in [3.63, 3.8) is 0 Å². The van der Waals surface area contributed by atoms with Gasteiger partial charge in [-0.05, 0) is 29.9 Å². The van der Waals surface area contributed by atoms with Crippen LogP contribution >= 0.6 is 0 Å². The van der Waals surface area contributed by atoms with Crippen LogP contribution in [0.1, 0.15) is 60.5 Å². The zero-order chi connectivity index (χ0) is 37.6. The second-order valence-corrected chi connectivity index (χ2v) is 14.3. The molecule has 5 atom stereocenters. The fourth-order valence-corrected chi connectivity index (χ4v) is 6.98. The number of para-hydroxylation sites is 1. The number of hydrogen-bond donors (Lipinski definition) is 9. The second-order valence-electron chi connectivity index (χ2n) is 14.3. The van der Waals surface area contributed by atoms with E-state index in [0.29, 0.717) is 12.4 Å². The van der Waals surface area contributed by atoms with Crippen LogP contribution in [0.25, 0.3) is 0 Å². The van der Waals surface area contributed by atoms with Crippen molar-refractivity contribution < 1.29 is 43.4 Å². The molecule has 19 heteroatoms. The van der Waals surface area contributed by atoms with E-state index in [4.69, 9.17) is 31.4 Å². The highest BCUT2D eigenvalue weighted by Crippen LogP contribution is 2.43. The van der Waals surface area contributed by atoms with Crippen LogP contribution < -0.4 is 47.9 Å². The van der Waals surface area contributed by atoms with Gasteiger partial charge in [-0.15, -0.1) is 10.2 Å². The number of rotatable bonds is 11. The molecular formula is C33H46N11O8+. The molecule has 1 spiro atoms. The summed E-state index contributed by atoms with van der Waals surface area (Å²) in [5, 5.41) is 43.0. The third-order valence-electron chi connectivity index (χ3n) is 10.1. The number of aliphatic imine (C=N–C) groups is 1. The Bertz CT molecular complexity index is 1800. The van der Waals surface area contributed by atoms with Crippen molar-refractivity contribution >= 4 is 29.7 Å². The summed E-state index contributed by atoms with van der Waals surface area (Å²) in [5.41, 5.74) is 17.4. The molecule has 0 radical (unpaired) electrons. The van der Waals surface area contributed by atoms with Crippen LogP contribution in [0.5, 0.6) is 11.6 Å². The van der Waals surface area contributed by atoms with Gasteiger partial charge in [0.2, 0.25) is 17.3 Å². The second kappa shape index (κ2) is 13.7. The Morgan fingerprint density at radius 2 is 1.88 bits per heavy atom. The predicted molar refractivity (Wildman–Crippen MR) is 184 cm³/mol. The van der Waals surface area contributed by atoms with Crippen LogP contribution in [0.3, 0.4) is 0 Å². The van der Waals surface area contributed by atoms with Crippen LogP contribution in [0.4, 0.5) is 0 Å². The lowest BCUT2D eigenvalue weighted by molar-refractivity contribution is -0.623. The number of hydrogen-bond acceptors (Lipinski definition) is 16. The van der Waals surface area contributed by atoms with Gasteiger partial charge in [-0.1, -0.05) is 39.8 Å². The monoisotopic (exact) mass is 724 g/mol. The SMILES string of the molecule is CC(C)[C@H](N)C(=O)OCCOc1ccc(C(=O)NC[C@@H]2NC(N)=[N+]3CC(NC(=O)c4cccc5c4OCCC5(C)C)C(O)(O)[C@@]34NC(N)=N[C@@H]24)nn1. The van der Waals surface area contributed by atoms with E-state index >= 15 is 0 Å². The van der Waals surface area contributed by atoms with Crippen LogP contribution in [-0.2, 0) is 14.9 Å². The third kappa shape index (κ3) is 6.39. The highest BCUT2D eigenvalue weighted by atomic mass is 16.6. The summed E-state index contributed by atoms with van der Waals surface area (Å²) in [4.78, 5) is 43.1. The molecule has 1 saturated heterocycles. The summed E-state index contributed by atoms with van der Waals surface area (Å²) in [5.74, 6) is -3.91. The average Bonchev–Trinajstić information content (AvgIpc) is 3.57. The van der Waals surface area contributed by atoms with Crippen molar-refractivity contribution in [2.45, 2.75) is 75.1 Å². The lowest BCUT2D eigenvalue weighted by Crippen LogP contribution is -2.79. The summed E-state index contributed by atoms with van der Waals surface area (Å²) in [7, 11) is 0. The maximum Gasteiger partial charge on any atom is 0.346 e. The fourth-order valence-electron chi connectivity index (χ4n) is 6.98. The van der Waals surface area contributed by atoms with Crippen molar-refractivity contribution in [1.29, 1.82) is 0 Å². The lowest BCUT2D eigenvalue weighted by atomic mass is 9.79. The van der Waals surface area contributed by atoms with Crippen LogP contribution in [0.2, 0.25) is 0 Å². The van der Waals surface area contributed by atoms with Crippen molar-refractivity contribution in [2.24, 2.45) is 28.1 Å². The van der Waals surface area contributed by atoms with Gasteiger partial charge in [-0.3, -0.25) is 25.4 Å². The summed E-state index contributed by atoms with van der Waals surface area (Å²) < 4.78 is 17.9. The molecule has 4 aliphatic heterocycles. The van der Waals surface area contributed by atoms with Gasteiger partial charge >= 0.3 is 11.9 Å².